The van der Waals surface area contributed by atoms with Gasteiger partial charge in [0.1, 0.15) is 5.84 Å². The zero-order valence-corrected chi connectivity index (χ0v) is 18.5. The molecular weight excluding hydrogens is 392 g/mol. The first-order chi connectivity index (χ1) is 12.2. The van der Waals surface area contributed by atoms with E-state index < -0.39 is 5.41 Å². The highest BCUT2D eigenvalue weighted by Gasteiger charge is 2.35. The lowest BCUT2D eigenvalue weighted by Gasteiger charge is -2.35. The lowest BCUT2D eigenvalue weighted by Crippen LogP contribution is -2.48. The summed E-state index contributed by atoms with van der Waals surface area (Å²) in [6.45, 7) is 13.4. The van der Waals surface area contributed by atoms with E-state index in [1.54, 1.807) is 4.90 Å². The van der Waals surface area contributed by atoms with E-state index in [-0.39, 0.29) is 11.9 Å². The van der Waals surface area contributed by atoms with Crippen LogP contribution in [-0.4, -0.2) is 54.9 Å². The highest BCUT2D eigenvalue weighted by molar-refractivity contribution is 9.10. The molecule has 0 radical (unpaired) electrons. The number of carbonyl (C=O) groups is 1. The minimum Gasteiger partial charge on any atom is -0.386 e. The molecule has 0 aliphatic carbocycles. The maximum atomic E-state index is 12.5. The van der Waals surface area contributed by atoms with E-state index >= 15 is 0 Å². The molecule has 146 valence electrons. The second-order valence-electron chi connectivity index (χ2n) is 6.93. The Morgan fingerprint density at radius 1 is 1.15 bits per heavy atom. The predicted molar refractivity (Wildman–Crippen MR) is 114 cm³/mol. The summed E-state index contributed by atoms with van der Waals surface area (Å²) >= 11 is 3.46. The summed E-state index contributed by atoms with van der Waals surface area (Å²) in [5, 5.41) is 0. The second kappa shape index (κ2) is 10.1. The van der Waals surface area contributed by atoms with Crippen LogP contribution in [0.25, 0.3) is 0 Å². The first-order valence-corrected chi connectivity index (χ1v) is 10.1. The number of amidine groups is 1. The Bertz CT molecular complexity index is 607. The van der Waals surface area contributed by atoms with Gasteiger partial charge in [0, 0.05) is 30.7 Å². The second-order valence-corrected chi connectivity index (χ2v) is 7.85. The zero-order valence-electron chi connectivity index (χ0n) is 16.9. The Labute approximate surface area is 166 Å². The van der Waals surface area contributed by atoms with Gasteiger partial charge in [0.05, 0.1) is 5.41 Å². The molecule has 0 aromatic heterocycles. The van der Waals surface area contributed by atoms with E-state index in [9.17, 15) is 4.79 Å². The van der Waals surface area contributed by atoms with Gasteiger partial charge in [-0.2, -0.15) is 4.99 Å². The average molecular weight is 425 g/mol. The van der Waals surface area contributed by atoms with Crippen molar-refractivity contribution in [1.29, 1.82) is 0 Å². The van der Waals surface area contributed by atoms with Crippen LogP contribution in [0.4, 0.5) is 4.79 Å². The molecule has 1 unspecified atom stereocenters. The molecule has 1 aromatic carbocycles. The Hall–Kier alpha value is -1.40. The maximum Gasteiger partial charge on any atom is 0.345 e. The molecule has 1 fully saturated rings. The molecule has 1 atom stereocenters. The van der Waals surface area contributed by atoms with Crippen molar-refractivity contribution in [1.82, 2.24) is 9.80 Å². The maximum absolute atomic E-state index is 12.5. The van der Waals surface area contributed by atoms with Crippen molar-refractivity contribution in [3.8, 4) is 0 Å². The number of benzene rings is 1. The van der Waals surface area contributed by atoms with Crippen molar-refractivity contribution in [2.75, 3.05) is 33.2 Å². The Kier molecular flexibility index (Phi) is 8.77. The molecule has 1 aliphatic rings. The van der Waals surface area contributed by atoms with Crippen LogP contribution in [0, 0.1) is 5.92 Å². The summed E-state index contributed by atoms with van der Waals surface area (Å²) in [5.74, 6) is 0.589. The third-order valence-electron chi connectivity index (χ3n) is 5.12. The third kappa shape index (κ3) is 5.30. The number of amides is 2. The highest BCUT2D eigenvalue weighted by atomic mass is 79.9. The highest BCUT2D eigenvalue weighted by Crippen LogP contribution is 2.33. The third-order valence-corrected chi connectivity index (χ3v) is 5.65. The molecule has 1 saturated heterocycles. The van der Waals surface area contributed by atoms with E-state index in [1.807, 2.05) is 38.1 Å². The minimum atomic E-state index is -0.483. The number of hydrogen-bond acceptors (Lipinski definition) is 2. The number of likely N-dealkylation sites (N-methyl/N-ethyl adjacent to an activating group) is 1. The molecule has 0 saturated carbocycles. The van der Waals surface area contributed by atoms with Gasteiger partial charge in [-0.05, 0) is 37.6 Å². The van der Waals surface area contributed by atoms with Crippen LogP contribution in [0.3, 0.4) is 0 Å². The number of nitrogens with two attached hydrogens (primary N) is 1. The molecule has 6 heteroatoms. The van der Waals surface area contributed by atoms with E-state index in [0.29, 0.717) is 18.9 Å². The molecular formula is C20H33BrN4O. The molecule has 1 heterocycles. The van der Waals surface area contributed by atoms with Crippen LogP contribution in [0.5, 0.6) is 0 Å². The molecule has 2 amide bonds. The molecule has 2 rings (SSSR count). The largest absolute Gasteiger partial charge is 0.386 e. The van der Waals surface area contributed by atoms with Crippen molar-refractivity contribution in [3.05, 3.63) is 34.3 Å². The average Bonchev–Trinajstić information content (AvgIpc) is 2.63. The summed E-state index contributed by atoms with van der Waals surface area (Å²) in [6, 6.07) is 7.82. The Balaban J connectivity index is 0.00000163. The molecule has 5 nitrogen and oxygen atoms in total. The first-order valence-electron chi connectivity index (χ1n) is 9.33. The number of aliphatic imine (C=N–C) groups is 1. The standard InChI is InChI=1S/C18H27BrN4O.C2H6/c1-13(2)18(3,14-5-7-15(19)8-6-14)16(20)21-17(24)23-11-9-22(4)10-12-23;1-2/h5-8,13H,9-12H2,1-4H3,(H2,20,21,24);1-2H3. The van der Waals surface area contributed by atoms with Crippen molar-refractivity contribution in [2.24, 2.45) is 16.6 Å². The van der Waals surface area contributed by atoms with E-state index in [0.717, 1.165) is 23.1 Å². The number of halogens is 1. The summed E-state index contributed by atoms with van der Waals surface area (Å²) < 4.78 is 1.02. The van der Waals surface area contributed by atoms with E-state index in [4.69, 9.17) is 5.73 Å². The van der Waals surface area contributed by atoms with Crippen LogP contribution < -0.4 is 5.73 Å². The van der Waals surface area contributed by atoms with Crippen LogP contribution in [0.15, 0.2) is 33.7 Å². The van der Waals surface area contributed by atoms with Gasteiger partial charge in [0.2, 0.25) is 0 Å². The fraction of sp³-hybridized carbons (Fsp3) is 0.600. The van der Waals surface area contributed by atoms with Crippen molar-refractivity contribution in [2.45, 2.75) is 40.0 Å². The van der Waals surface area contributed by atoms with E-state index in [2.05, 4.69) is 53.6 Å². The van der Waals surface area contributed by atoms with Gasteiger partial charge in [-0.3, -0.25) is 0 Å². The molecule has 0 spiro atoms. The number of urea groups is 1. The van der Waals surface area contributed by atoms with Crippen molar-refractivity contribution >= 4 is 27.8 Å². The number of piperazine rings is 1. The number of nitrogens with zero attached hydrogens (tertiary/aromatic N) is 3. The lowest BCUT2D eigenvalue weighted by atomic mass is 9.72. The molecule has 26 heavy (non-hydrogen) atoms. The van der Waals surface area contributed by atoms with Crippen LogP contribution in [-0.2, 0) is 5.41 Å². The normalized spacial score (nSPS) is 18.2. The van der Waals surface area contributed by atoms with Gasteiger partial charge >= 0.3 is 6.03 Å². The van der Waals surface area contributed by atoms with Crippen molar-refractivity contribution in [3.63, 3.8) is 0 Å². The first kappa shape index (κ1) is 22.6. The van der Waals surface area contributed by atoms with Gasteiger partial charge in [0.15, 0.2) is 0 Å². The fourth-order valence-corrected chi connectivity index (χ4v) is 3.13. The monoisotopic (exact) mass is 424 g/mol. The fourth-order valence-electron chi connectivity index (χ4n) is 2.86. The van der Waals surface area contributed by atoms with Gasteiger partial charge in [-0.1, -0.05) is 55.8 Å². The van der Waals surface area contributed by atoms with Crippen molar-refractivity contribution < 1.29 is 4.79 Å². The lowest BCUT2D eigenvalue weighted by molar-refractivity contribution is 0.161. The number of hydrogen-bond donors (Lipinski definition) is 1. The molecule has 2 N–H and O–H groups in total. The zero-order chi connectivity index (χ0) is 19.9. The smallest absolute Gasteiger partial charge is 0.345 e. The topological polar surface area (TPSA) is 61.9 Å². The summed E-state index contributed by atoms with van der Waals surface area (Å²) in [5.41, 5.74) is 6.92. The van der Waals surface area contributed by atoms with Crippen LogP contribution in [0.2, 0.25) is 0 Å². The molecule has 0 bridgehead atoms. The van der Waals surface area contributed by atoms with Crippen LogP contribution >= 0.6 is 15.9 Å². The quantitative estimate of drug-likeness (QED) is 0.586. The number of carbonyl (C=O) groups excluding carboxylic acids is 1. The summed E-state index contributed by atoms with van der Waals surface area (Å²) in [7, 11) is 2.06. The van der Waals surface area contributed by atoms with Gasteiger partial charge in [-0.15, -0.1) is 0 Å². The molecule has 1 aromatic rings. The number of rotatable bonds is 3. The van der Waals surface area contributed by atoms with Gasteiger partial charge in [-0.25, -0.2) is 4.79 Å². The minimum absolute atomic E-state index is 0.211. The summed E-state index contributed by atoms with van der Waals surface area (Å²) in [4.78, 5) is 20.7. The molecule has 1 aliphatic heterocycles. The summed E-state index contributed by atoms with van der Waals surface area (Å²) in [6.07, 6.45) is 0. The van der Waals surface area contributed by atoms with Crippen LogP contribution in [0.1, 0.15) is 40.2 Å². The van der Waals surface area contributed by atoms with Gasteiger partial charge in [0.25, 0.3) is 0 Å². The SMILES string of the molecule is CC.CC(C)C(C)(/C(N)=N/C(=O)N1CCN(C)CC1)c1ccc(Br)cc1. The Morgan fingerprint density at radius 2 is 1.65 bits per heavy atom. The predicted octanol–water partition coefficient (Wildman–Crippen LogP) is 4.11. The Morgan fingerprint density at radius 3 is 2.12 bits per heavy atom. The van der Waals surface area contributed by atoms with E-state index in [1.165, 1.54) is 0 Å². The van der Waals surface area contributed by atoms with Gasteiger partial charge < -0.3 is 15.5 Å².